The molecule has 0 heterocycles. The molecule has 0 saturated heterocycles. The van der Waals surface area contributed by atoms with E-state index in [1.54, 1.807) is 18.2 Å². The highest BCUT2D eigenvalue weighted by Gasteiger charge is 2.01. The summed E-state index contributed by atoms with van der Waals surface area (Å²) in [5.74, 6) is -1.26. The lowest BCUT2D eigenvalue weighted by Crippen LogP contribution is -1.87. The van der Waals surface area contributed by atoms with Crippen molar-refractivity contribution in [2.75, 3.05) is 0 Å². The summed E-state index contributed by atoms with van der Waals surface area (Å²) < 4.78 is 45.7. The molecule has 0 saturated carbocycles. The molecule has 1 N–H and O–H groups in total. The largest absolute Gasteiger partial charge is 0.302 e. The fraction of sp³-hybridized carbons (Fsp3) is 0. The van der Waals surface area contributed by atoms with E-state index in [0.29, 0.717) is 4.90 Å². The molecule has 19 heavy (non-hydrogen) atoms. The van der Waals surface area contributed by atoms with Gasteiger partial charge in [-0.25, -0.2) is 13.0 Å². The first-order valence-electron chi connectivity index (χ1n) is 5.40. The van der Waals surface area contributed by atoms with E-state index >= 15 is 0 Å². The Morgan fingerprint density at radius 2 is 1.68 bits per heavy atom. The molecule has 0 aromatic heterocycles. The Balaban J connectivity index is 2.20. The predicted molar refractivity (Wildman–Crippen MR) is 70.8 cm³/mol. The molecule has 0 fully saturated rings. The van der Waals surface area contributed by atoms with Crippen molar-refractivity contribution in [1.29, 1.82) is 0 Å². The van der Waals surface area contributed by atoms with E-state index in [1.165, 1.54) is 30.3 Å². The number of benzene rings is 2. The molecule has 0 spiro atoms. The van der Waals surface area contributed by atoms with Gasteiger partial charge in [-0.05, 0) is 29.8 Å². The van der Waals surface area contributed by atoms with Crippen molar-refractivity contribution in [3.05, 3.63) is 65.2 Å². The van der Waals surface area contributed by atoms with E-state index in [-0.39, 0.29) is 5.56 Å². The van der Waals surface area contributed by atoms with Crippen LogP contribution in [0, 0.1) is 11.6 Å². The highest BCUT2D eigenvalue weighted by Crippen LogP contribution is 2.14. The van der Waals surface area contributed by atoms with Gasteiger partial charge in [0, 0.05) is 11.6 Å². The van der Waals surface area contributed by atoms with Crippen LogP contribution in [0.15, 0.2) is 47.4 Å². The van der Waals surface area contributed by atoms with Crippen LogP contribution in [0.1, 0.15) is 11.1 Å². The summed E-state index contributed by atoms with van der Waals surface area (Å²) in [5, 5.41) is 0. The Bertz CT molecular complexity index is 636. The first kappa shape index (κ1) is 13.6. The molecule has 2 rings (SSSR count). The van der Waals surface area contributed by atoms with Crippen molar-refractivity contribution in [1.82, 2.24) is 0 Å². The number of halogens is 2. The second kappa shape index (κ2) is 5.86. The van der Waals surface area contributed by atoms with Gasteiger partial charge in [-0.2, -0.15) is 0 Å². The van der Waals surface area contributed by atoms with Crippen LogP contribution in [0.2, 0.25) is 0 Å². The maximum absolute atomic E-state index is 13.4. The second-order valence-electron chi connectivity index (χ2n) is 3.82. The van der Waals surface area contributed by atoms with Gasteiger partial charge in [0.2, 0.25) is 0 Å². The third-order valence-corrected chi connectivity index (χ3v) is 3.18. The molecule has 2 aromatic rings. The van der Waals surface area contributed by atoms with Crippen LogP contribution in [0.3, 0.4) is 0 Å². The molecule has 0 bridgehead atoms. The van der Waals surface area contributed by atoms with Crippen molar-refractivity contribution in [2.45, 2.75) is 4.90 Å². The highest BCUT2D eigenvalue weighted by atomic mass is 32.2. The van der Waals surface area contributed by atoms with Crippen LogP contribution in [0.5, 0.6) is 0 Å². The summed E-state index contributed by atoms with van der Waals surface area (Å²) in [6.45, 7) is 0. The average molecular weight is 280 g/mol. The van der Waals surface area contributed by atoms with Gasteiger partial charge in [0.05, 0.1) is 4.90 Å². The fourth-order valence-electron chi connectivity index (χ4n) is 1.52. The first-order chi connectivity index (χ1) is 9.06. The third kappa shape index (κ3) is 3.56. The van der Waals surface area contributed by atoms with Crippen molar-refractivity contribution in [3.8, 4) is 0 Å². The van der Waals surface area contributed by atoms with Crippen LogP contribution in [0.4, 0.5) is 8.78 Å². The van der Waals surface area contributed by atoms with Crippen molar-refractivity contribution < 1.29 is 17.5 Å². The molecule has 0 amide bonds. The molecular formula is C14H10F2O2S. The minimum Gasteiger partial charge on any atom is -0.302 e. The molecule has 0 aliphatic carbocycles. The summed E-state index contributed by atoms with van der Waals surface area (Å²) in [6.07, 6.45) is 3.15. The third-order valence-electron chi connectivity index (χ3n) is 2.50. The Morgan fingerprint density at radius 3 is 2.26 bits per heavy atom. The van der Waals surface area contributed by atoms with Crippen LogP contribution in [0.25, 0.3) is 12.2 Å². The molecule has 0 radical (unpaired) electrons. The molecule has 2 nitrogen and oxygen atoms in total. The zero-order chi connectivity index (χ0) is 13.8. The van der Waals surface area contributed by atoms with Gasteiger partial charge in [-0.3, -0.25) is 0 Å². The quantitative estimate of drug-likeness (QED) is 0.687. The van der Waals surface area contributed by atoms with E-state index in [0.717, 1.165) is 11.6 Å². The van der Waals surface area contributed by atoms with E-state index in [2.05, 4.69) is 0 Å². The fourth-order valence-corrected chi connectivity index (χ4v) is 1.89. The number of hydrogen-bond donors (Lipinski definition) is 1. The topological polar surface area (TPSA) is 37.3 Å². The summed E-state index contributed by atoms with van der Waals surface area (Å²) in [4.78, 5) is 0.296. The van der Waals surface area contributed by atoms with Gasteiger partial charge in [0.15, 0.2) is 11.1 Å². The van der Waals surface area contributed by atoms with Crippen LogP contribution in [-0.2, 0) is 11.1 Å². The smallest absolute Gasteiger partial charge is 0.186 e. The summed E-state index contributed by atoms with van der Waals surface area (Å²) in [5.41, 5.74) is 1.02. The first-order valence-corrected chi connectivity index (χ1v) is 6.51. The van der Waals surface area contributed by atoms with Gasteiger partial charge >= 0.3 is 0 Å². The Labute approximate surface area is 111 Å². The van der Waals surface area contributed by atoms with Gasteiger partial charge in [-0.1, -0.05) is 24.3 Å². The zero-order valence-corrected chi connectivity index (χ0v) is 10.5. The zero-order valence-electron chi connectivity index (χ0n) is 9.72. The molecule has 0 aliphatic rings. The maximum Gasteiger partial charge on any atom is 0.186 e. The van der Waals surface area contributed by atoms with Gasteiger partial charge in [0.1, 0.15) is 11.6 Å². The van der Waals surface area contributed by atoms with Crippen molar-refractivity contribution >= 4 is 23.2 Å². The van der Waals surface area contributed by atoms with Crippen molar-refractivity contribution in [2.24, 2.45) is 0 Å². The molecule has 1 unspecified atom stereocenters. The molecule has 0 aliphatic heterocycles. The summed E-state index contributed by atoms with van der Waals surface area (Å²) in [7, 11) is 0. The second-order valence-corrected chi connectivity index (χ2v) is 4.79. The Morgan fingerprint density at radius 1 is 1.00 bits per heavy atom. The monoisotopic (exact) mass is 280 g/mol. The standard InChI is InChI=1S/C14H10F2O2S/c15-12-6-5-11(14(16)9-12)4-1-10-2-7-13(8-3-10)19(17)18/h1-9H,(H,17,18). The number of rotatable bonds is 3. The lowest BCUT2D eigenvalue weighted by Gasteiger charge is -1.98. The van der Waals surface area contributed by atoms with E-state index in [4.69, 9.17) is 4.55 Å². The van der Waals surface area contributed by atoms with E-state index in [9.17, 15) is 13.0 Å². The van der Waals surface area contributed by atoms with Crippen LogP contribution < -0.4 is 0 Å². The normalized spacial score (nSPS) is 12.8. The highest BCUT2D eigenvalue weighted by molar-refractivity contribution is 7.79. The van der Waals surface area contributed by atoms with Gasteiger partial charge in [-0.15, -0.1) is 0 Å². The summed E-state index contributed by atoms with van der Waals surface area (Å²) in [6, 6.07) is 9.65. The molecule has 5 heteroatoms. The molecule has 98 valence electrons. The maximum atomic E-state index is 13.4. The minimum absolute atomic E-state index is 0.274. The lowest BCUT2D eigenvalue weighted by atomic mass is 10.1. The average Bonchev–Trinajstić information content (AvgIpc) is 2.38. The van der Waals surface area contributed by atoms with Gasteiger partial charge in [0.25, 0.3) is 0 Å². The van der Waals surface area contributed by atoms with Crippen LogP contribution >= 0.6 is 0 Å². The lowest BCUT2D eigenvalue weighted by molar-refractivity contribution is 0.564. The van der Waals surface area contributed by atoms with Crippen molar-refractivity contribution in [3.63, 3.8) is 0 Å². The summed E-state index contributed by atoms with van der Waals surface area (Å²) >= 11 is -2.01. The molecular weight excluding hydrogens is 270 g/mol. The Kier molecular flexibility index (Phi) is 4.19. The minimum atomic E-state index is -2.01. The molecule has 2 aromatic carbocycles. The SMILES string of the molecule is O=S(O)c1ccc(C=Cc2ccc(F)cc2F)cc1. The van der Waals surface area contributed by atoms with E-state index < -0.39 is 22.7 Å². The van der Waals surface area contributed by atoms with Crippen LogP contribution in [-0.4, -0.2) is 8.76 Å². The molecule has 1 atom stereocenters. The Hall–Kier alpha value is -1.85. The van der Waals surface area contributed by atoms with E-state index in [1.807, 2.05) is 0 Å². The number of hydrogen-bond acceptors (Lipinski definition) is 1. The van der Waals surface area contributed by atoms with Gasteiger partial charge < -0.3 is 4.55 Å². The predicted octanol–water partition coefficient (Wildman–Crippen LogP) is 3.72.